The monoisotopic (exact) mass is 698 g/mol. The highest BCUT2D eigenvalue weighted by atomic mass is 79.9. The van der Waals surface area contributed by atoms with Gasteiger partial charge in [-0.25, -0.2) is 9.59 Å². The number of esters is 2. The second-order valence-electron chi connectivity index (χ2n) is 13.1. The number of hydrogen-bond acceptors (Lipinski definition) is 4. The van der Waals surface area contributed by atoms with Crippen LogP contribution in [0.2, 0.25) is 0 Å². The number of likely N-dealkylation sites (N-methyl/N-ethyl adjacent to an activating group) is 2. The summed E-state index contributed by atoms with van der Waals surface area (Å²) in [5.41, 5.74) is 0. The van der Waals surface area contributed by atoms with Gasteiger partial charge in [-0.05, 0) is 38.5 Å². The molecule has 0 saturated carbocycles. The molecule has 0 unspecified atom stereocenters. The van der Waals surface area contributed by atoms with E-state index in [1.54, 1.807) is 0 Å². The lowest BCUT2D eigenvalue weighted by atomic mass is 10.1. The van der Waals surface area contributed by atoms with Gasteiger partial charge in [0.1, 0.15) is 0 Å². The Morgan fingerprint density at radius 2 is 0.625 bits per heavy atom. The molecule has 0 amide bonds. The van der Waals surface area contributed by atoms with E-state index in [9.17, 15) is 9.59 Å². The molecule has 1 rings (SSSR count). The van der Waals surface area contributed by atoms with Gasteiger partial charge in [-0.2, -0.15) is 0 Å². The van der Waals surface area contributed by atoms with Crippen molar-refractivity contribution in [3.63, 3.8) is 0 Å². The van der Waals surface area contributed by atoms with Crippen LogP contribution in [0, 0.1) is 0 Å². The highest BCUT2D eigenvalue weighted by Crippen LogP contribution is 2.14. The molecular weight excluding hydrogens is 636 g/mol. The molecule has 0 aromatic heterocycles. The number of nitrogens with zero attached hydrogens (tertiary/aromatic N) is 2. The maximum atomic E-state index is 12.3. The molecular formula is C32H64Br2N2O4. The molecule has 0 aromatic rings. The lowest BCUT2D eigenvalue weighted by Crippen LogP contribution is -3.00. The summed E-state index contributed by atoms with van der Waals surface area (Å²) in [5.74, 6) is -0.0866. The number of carbonyl (C=O) groups is 2. The van der Waals surface area contributed by atoms with E-state index in [0.29, 0.717) is 26.3 Å². The highest BCUT2D eigenvalue weighted by molar-refractivity contribution is 5.70. The zero-order valence-electron chi connectivity index (χ0n) is 26.7. The molecule has 1 heterocycles. The minimum atomic E-state index is -0.0433. The van der Waals surface area contributed by atoms with Gasteiger partial charge >= 0.3 is 11.9 Å². The molecule has 1 fully saturated rings. The second kappa shape index (κ2) is 26.4. The van der Waals surface area contributed by atoms with Crippen molar-refractivity contribution >= 4 is 11.9 Å². The van der Waals surface area contributed by atoms with Crippen LogP contribution in [0.5, 0.6) is 0 Å². The Hall–Kier alpha value is -0.180. The lowest BCUT2D eigenvalue weighted by Gasteiger charge is -2.28. The van der Waals surface area contributed by atoms with E-state index >= 15 is 0 Å². The van der Waals surface area contributed by atoms with Crippen LogP contribution in [0.15, 0.2) is 0 Å². The molecule has 0 atom stereocenters. The van der Waals surface area contributed by atoms with Crippen molar-refractivity contribution in [2.24, 2.45) is 0 Å². The Kier molecular flexibility index (Phi) is 27.7. The van der Waals surface area contributed by atoms with E-state index in [0.717, 1.165) is 47.7 Å². The average molecular weight is 701 g/mol. The van der Waals surface area contributed by atoms with Crippen molar-refractivity contribution in [1.29, 1.82) is 0 Å². The van der Waals surface area contributed by atoms with Crippen LogP contribution >= 0.6 is 0 Å². The Morgan fingerprint density at radius 3 is 0.900 bits per heavy atom. The first-order valence-corrected chi connectivity index (χ1v) is 16.2. The summed E-state index contributed by atoms with van der Waals surface area (Å²) >= 11 is 0. The van der Waals surface area contributed by atoms with Gasteiger partial charge < -0.3 is 52.4 Å². The summed E-state index contributed by atoms with van der Waals surface area (Å²) in [7, 11) is 8.61. The van der Waals surface area contributed by atoms with Crippen molar-refractivity contribution in [3.05, 3.63) is 0 Å². The van der Waals surface area contributed by atoms with E-state index in [1.165, 1.54) is 103 Å². The molecule has 0 aliphatic carbocycles. The van der Waals surface area contributed by atoms with Crippen LogP contribution in [0.25, 0.3) is 0 Å². The number of quaternary nitrogens is 2. The fourth-order valence-corrected chi connectivity index (χ4v) is 5.43. The van der Waals surface area contributed by atoms with Gasteiger partial charge in [0.05, 0.1) is 54.5 Å². The maximum absolute atomic E-state index is 12.3. The molecule has 6 nitrogen and oxygen atoms in total. The fraction of sp³-hybridized carbons (Fsp3) is 0.938. The largest absolute Gasteiger partial charge is 1.00 e. The average Bonchev–Trinajstić information content (AvgIpc) is 2.83. The normalized spacial score (nSPS) is 23.4. The Bertz CT molecular complexity index is 566. The van der Waals surface area contributed by atoms with Crippen molar-refractivity contribution in [2.75, 3.05) is 67.6 Å². The Morgan fingerprint density at radius 1 is 0.400 bits per heavy atom. The third-order valence-corrected chi connectivity index (χ3v) is 7.96. The zero-order chi connectivity index (χ0) is 28.0. The van der Waals surface area contributed by atoms with Crippen molar-refractivity contribution in [2.45, 2.75) is 128 Å². The van der Waals surface area contributed by atoms with E-state index < -0.39 is 0 Å². The van der Waals surface area contributed by atoms with Gasteiger partial charge in [-0.3, -0.25) is 0 Å². The standard InChI is InChI=1S/C32H64N2O4.2BrH/c1-33(2)25-21-17-13-9-5-6-10-14-18-22-26-34(3,4)30-32(36)38-28-24-20-16-12-8-7-11-15-19-23-27-37-31(35)29-33;;/h5-30H2,1-4H3;2*1H/q+2;;/p-2. The summed E-state index contributed by atoms with van der Waals surface area (Å²) in [5, 5.41) is 0. The first-order valence-electron chi connectivity index (χ1n) is 16.2. The van der Waals surface area contributed by atoms with Gasteiger partial charge in [0, 0.05) is 0 Å². The van der Waals surface area contributed by atoms with Crippen LogP contribution in [0.4, 0.5) is 0 Å². The quantitative estimate of drug-likeness (QED) is 0.281. The molecule has 1 saturated heterocycles. The maximum Gasteiger partial charge on any atom is 0.361 e. The summed E-state index contributed by atoms with van der Waals surface area (Å²) in [6.45, 7) is 4.19. The van der Waals surface area contributed by atoms with Gasteiger partial charge in [-0.1, -0.05) is 89.9 Å². The molecule has 40 heavy (non-hydrogen) atoms. The van der Waals surface area contributed by atoms with E-state index in [1.807, 2.05) is 0 Å². The molecule has 8 heteroatoms. The predicted octanol–water partition coefficient (Wildman–Crippen LogP) is 1.05. The lowest BCUT2D eigenvalue weighted by molar-refractivity contribution is -0.883. The van der Waals surface area contributed by atoms with Gasteiger partial charge in [0.15, 0.2) is 13.1 Å². The SMILES string of the molecule is C[N+]1(C)CCCCCCCCCCCC[N+](C)(C)CC(=O)OCCCCCCCCCCCCOC(=O)C1.[Br-].[Br-]. The minimum Gasteiger partial charge on any atom is -1.00 e. The molecule has 1 aliphatic heterocycles. The van der Waals surface area contributed by atoms with E-state index in [-0.39, 0.29) is 45.9 Å². The summed E-state index contributed by atoms with van der Waals surface area (Å²) in [6.07, 6.45) is 24.6. The van der Waals surface area contributed by atoms with Crippen LogP contribution in [-0.4, -0.2) is 88.5 Å². The number of hydrogen-bond donors (Lipinski definition) is 0. The molecule has 0 N–H and O–H groups in total. The third-order valence-electron chi connectivity index (χ3n) is 7.96. The number of rotatable bonds is 0. The van der Waals surface area contributed by atoms with E-state index in [4.69, 9.17) is 9.47 Å². The van der Waals surface area contributed by atoms with E-state index in [2.05, 4.69) is 28.2 Å². The Balaban J connectivity index is 0. The van der Waals surface area contributed by atoms with Crippen LogP contribution in [0.3, 0.4) is 0 Å². The van der Waals surface area contributed by atoms with Gasteiger partial charge in [-0.15, -0.1) is 0 Å². The summed E-state index contributed by atoms with van der Waals surface area (Å²) in [6, 6.07) is 0. The van der Waals surface area contributed by atoms with Gasteiger partial charge in [0.25, 0.3) is 0 Å². The predicted molar refractivity (Wildman–Crippen MR) is 158 cm³/mol. The van der Waals surface area contributed by atoms with Crippen LogP contribution < -0.4 is 34.0 Å². The number of ether oxygens (including phenoxy) is 2. The molecule has 0 bridgehead atoms. The molecule has 1 aliphatic rings. The first-order chi connectivity index (χ1) is 18.2. The molecule has 0 aromatic carbocycles. The number of cyclic esters (lactones) is 2. The van der Waals surface area contributed by atoms with Crippen molar-refractivity contribution in [3.8, 4) is 0 Å². The van der Waals surface area contributed by atoms with Crippen LogP contribution in [0.1, 0.15) is 128 Å². The fourth-order valence-electron chi connectivity index (χ4n) is 5.43. The van der Waals surface area contributed by atoms with Crippen LogP contribution in [-0.2, 0) is 19.1 Å². The summed E-state index contributed by atoms with van der Waals surface area (Å²) < 4.78 is 12.5. The number of carbonyl (C=O) groups excluding carboxylic acids is 2. The molecule has 240 valence electrons. The topological polar surface area (TPSA) is 52.6 Å². The second-order valence-corrected chi connectivity index (χ2v) is 13.1. The minimum absolute atomic E-state index is 0. The zero-order valence-corrected chi connectivity index (χ0v) is 29.8. The highest BCUT2D eigenvalue weighted by Gasteiger charge is 2.21. The Labute approximate surface area is 269 Å². The van der Waals surface area contributed by atoms with Crippen molar-refractivity contribution in [1.82, 2.24) is 0 Å². The third kappa shape index (κ3) is 26.7. The van der Waals surface area contributed by atoms with Gasteiger partial charge in [0.2, 0.25) is 0 Å². The molecule has 0 radical (unpaired) electrons. The molecule has 0 spiro atoms. The summed E-state index contributed by atoms with van der Waals surface area (Å²) in [4.78, 5) is 24.5. The van der Waals surface area contributed by atoms with Crippen molar-refractivity contribution < 1.29 is 62.0 Å². The first kappa shape index (κ1) is 42.0. The smallest absolute Gasteiger partial charge is 0.361 e. The number of halogens is 2.